The number of carbonyl (C=O) groups excluding carboxylic acids is 1. The molecule has 19 heavy (non-hydrogen) atoms. The minimum atomic E-state index is -4.54. The fourth-order valence-corrected chi connectivity index (χ4v) is 1.82. The van der Waals surface area contributed by atoms with Crippen LogP contribution in [0.25, 0.3) is 11.1 Å². The Bertz CT molecular complexity index is 617. The van der Waals surface area contributed by atoms with E-state index in [1.807, 2.05) is 0 Å². The van der Waals surface area contributed by atoms with Crippen LogP contribution in [0.4, 0.5) is 17.6 Å². The van der Waals surface area contributed by atoms with Crippen LogP contribution >= 0.6 is 0 Å². The summed E-state index contributed by atoms with van der Waals surface area (Å²) in [5.74, 6) is -0.753. The van der Waals surface area contributed by atoms with Crippen molar-refractivity contribution in [1.82, 2.24) is 0 Å². The Labute approximate surface area is 106 Å². The number of halogens is 4. The van der Waals surface area contributed by atoms with Gasteiger partial charge in [0.1, 0.15) is 12.1 Å². The second-order valence-corrected chi connectivity index (χ2v) is 3.93. The van der Waals surface area contributed by atoms with Crippen LogP contribution in [-0.4, -0.2) is 6.29 Å². The summed E-state index contributed by atoms with van der Waals surface area (Å²) in [7, 11) is 0. The monoisotopic (exact) mass is 268 g/mol. The molecule has 98 valence electrons. The summed E-state index contributed by atoms with van der Waals surface area (Å²) in [6.45, 7) is 0. The van der Waals surface area contributed by atoms with Crippen molar-refractivity contribution in [2.45, 2.75) is 6.18 Å². The first kappa shape index (κ1) is 13.3. The van der Waals surface area contributed by atoms with Crippen molar-refractivity contribution in [3.05, 3.63) is 59.4 Å². The van der Waals surface area contributed by atoms with Gasteiger partial charge in [-0.15, -0.1) is 0 Å². The minimum Gasteiger partial charge on any atom is -0.298 e. The average molecular weight is 268 g/mol. The summed E-state index contributed by atoms with van der Waals surface area (Å²) in [6, 6.07) is 8.00. The molecule has 2 aromatic rings. The number of carbonyl (C=O) groups is 1. The maximum absolute atomic E-state index is 13.3. The summed E-state index contributed by atoms with van der Waals surface area (Å²) in [6.07, 6.45) is -4.15. The largest absolute Gasteiger partial charge is 0.417 e. The van der Waals surface area contributed by atoms with E-state index in [1.54, 1.807) is 0 Å². The first-order valence-corrected chi connectivity index (χ1v) is 5.34. The van der Waals surface area contributed by atoms with Crippen LogP contribution in [0.3, 0.4) is 0 Å². The zero-order valence-corrected chi connectivity index (χ0v) is 9.54. The molecule has 0 saturated carbocycles. The third-order valence-electron chi connectivity index (χ3n) is 2.60. The first-order valence-electron chi connectivity index (χ1n) is 5.34. The molecule has 0 aromatic heterocycles. The van der Waals surface area contributed by atoms with E-state index in [1.165, 1.54) is 24.3 Å². The Morgan fingerprint density at radius 2 is 1.68 bits per heavy atom. The highest BCUT2D eigenvalue weighted by Gasteiger charge is 2.33. The zero-order valence-electron chi connectivity index (χ0n) is 9.54. The lowest BCUT2D eigenvalue weighted by Gasteiger charge is -2.13. The van der Waals surface area contributed by atoms with Crippen LogP contribution < -0.4 is 0 Å². The second-order valence-electron chi connectivity index (χ2n) is 3.93. The smallest absolute Gasteiger partial charge is 0.298 e. The van der Waals surface area contributed by atoms with Gasteiger partial charge >= 0.3 is 6.18 Å². The highest BCUT2D eigenvalue weighted by Crippen LogP contribution is 2.37. The lowest BCUT2D eigenvalue weighted by Crippen LogP contribution is -2.07. The van der Waals surface area contributed by atoms with E-state index < -0.39 is 17.6 Å². The van der Waals surface area contributed by atoms with Crippen molar-refractivity contribution in [2.75, 3.05) is 0 Å². The van der Waals surface area contributed by atoms with Gasteiger partial charge in [0.2, 0.25) is 0 Å². The van der Waals surface area contributed by atoms with Crippen LogP contribution in [0.2, 0.25) is 0 Å². The van der Waals surface area contributed by atoms with Crippen LogP contribution in [0.15, 0.2) is 42.5 Å². The standard InChI is InChI=1S/C14H8F4O/c15-11-6-9(8-19)5-10(7-11)12-3-1-2-4-13(12)14(16,17)18/h1-8H. The third kappa shape index (κ3) is 2.81. The molecule has 0 atom stereocenters. The molecule has 0 unspecified atom stereocenters. The third-order valence-corrected chi connectivity index (χ3v) is 2.60. The molecule has 0 saturated heterocycles. The fraction of sp³-hybridized carbons (Fsp3) is 0.0714. The van der Waals surface area contributed by atoms with Crippen LogP contribution in [0.5, 0.6) is 0 Å². The van der Waals surface area contributed by atoms with Crippen molar-refractivity contribution < 1.29 is 22.4 Å². The lowest BCUT2D eigenvalue weighted by atomic mass is 9.98. The van der Waals surface area contributed by atoms with E-state index in [9.17, 15) is 22.4 Å². The van der Waals surface area contributed by atoms with Gasteiger partial charge in [0.25, 0.3) is 0 Å². The zero-order chi connectivity index (χ0) is 14.0. The Kier molecular flexibility index (Phi) is 3.38. The molecule has 0 spiro atoms. The van der Waals surface area contributed by atoms with Gasteiger partial charge in [-0.2, -0.15) is 13.2 Å². The molecule has 0 aliphatic heterocycles. The quantitative estimate of drug-likeness (QED) is 0.585. The summed E-state index contributed by atoms with van der Waals surface area (Å²) < 4.78 is 51.8. The highest BCUT2D eigenvalue weighted by atomic mass is 19.4. The van der Waals surface area contributed by atoms with E-state index >= 15 is 0 Å². The van der Waals surface area contributed by atoms with Crippen molar-refractivity contribution >= 4 is 6.29 Å². The highest BCUT2D eigenvalue weighted by molar-refractivity contribution is 5.79. The molecule has 0 fully saturated rings. The van der Waals surface area contributed by atoms with Crippen LogP contribution in [0.1, 0.15) is 15.9 Å². The average Bonchev–Trinajstić information content (AvgIpc) is 2.37. The van der Waals surface area contributed by atoms with E-state index in [2.05, 4.69) is 0 Å². The Morgan fingerprint density at radius 3 is 2.32 bits per heavy atom. The van der Waals surface area contributed by atoms with Crippen LogP contribution in [-0.2, 0) is 6.18 Å². The topological polar surface area (TPSA) is 17.1 Å². The van der Waals surface area contributed by atoms with Gasteiger partial charge in [0.15, 0.2) is 0 Å². The van der Waals surface area contributed by atoms with Gasteiger partial charge in [-0.1, -0.05) is 18.2 Å². The molecule has 2 rings (SSSR count). The summed E-state index contributed by atoms with van der Waals surface area (Å²) in [5, 5.41) is 0. The lowest BCUT2D eigenvalue weighted by molar-refractivity contribution is -0.137. The molecule has 0 heterocycles. The van der Waals surface area contributed by atoms with Gasteiger partial charge in [0, 0.05) is 5.56 Å². The molecule has 0 N–H and O–H groups in total. The number of alkyl halides is 3. The maximum Gasteiger partial charge on any atom is 0.417 e. The van der Waals surface area contributed by atoms with Crippen molar-refractivity contribution in [2.24, 2.45) is 0 Å². The Hall–Kier alpha value is -2.17. The predicted molar refractivity (Wildman–Crippen MR) is 62.2 cm³/mol. The van der Waals surface area contributed by atoms with Crippen LogP contribution in [0, 0.1) is 5.82 Å². The predicted octanol–water partition coefficient (Wildman–Crippen LogP) is 4.32. The van der Waals surface area contributed by atoms with E-state index in [-0.39, 0.29) is 16.7 Å². The van der Waals surface area contributed by atoms with Gasteiger partial charge in [0.05, 0.1) is 5.56 Å². The molecule has 2 aromatic carbocycles. The normalized spacial score (nSPS) is 11.4. The number of rotatable bonds is 2. The summed E-state index contributed by atoms with van der Waals surface area (Å²) in [5.41, 5.74) is -1.00. The van der Waals surface area contributed by atoms with E-state index in [4.69, 9.17) is 0 Å². The number of hydrogen-bond acceptors (Lipinski definition) is 1. The van der Waals surface area contributed by atoms with Crippen molar-refractivity contribution in [1.29, 1.82) is 0 Å². The molecular formula is C14H8F4O. The van der Waals surface area contributed by atoms with Crippen molar-refractivity contribution in [3.8, 4) is 11.1 Å². The number of aldehydes is 1. The van der Waals surface area contributed by atoms with E-state index in [0.29, 0.717) is 6.29 Å². The first-order chi connectivity index (χ1) is 8.91. The van der Waals surface area contributed by atoms with Gasteiger partial charge < -0.3 is 0 Å². The molecule has 0 aliphatic rings. The molecule has 0 bridgehead atoms. The second kappa shape index (κ2) is 4.84. The molecule has 5 heteroatoms. The molecular weight excluding hydrogens is 260 g/mol. The molecule has 0 radical (unpaired) electrons. The Balaban J connectivity index is 2.65. The molecule has 0 aliphatic carbocycles. The summed E-state index contributed by atoms with van der Waals surface area (Å²) >= 11 is 0. The van der Waals surface area contributed by atoms with Gasteiger partial charge in [-0.05, 0) is 35.4 Å². The minimum absolute atomic E-state index is 0.00743. The fourth-order valence-electron chi connectivity index (χ4n) is 1.82. The van der Waals surface area contributed by atoms with E-state index in [0.717, 1.165) is 18.2 Å². The number of benzene rings is 2. The van der Waals surface area contributed by atoms with Gasteiger partial charge in [-0.3, -0.25) is 4.79 Å². The van der Waals surface area contributed by atoms with Crippen molar-refractivity contribution in [3.63, 3.8) is 0 Å². The molecule has 1 nitrogen and oxygen atoms in total. The SMILES string of the molecule is O=Cc1cc(F)cc(-c2ccccc2C(F)(F)F)c1. The molecule has 0 amide bonds. The summed E-state index contributed by atoms with van der Waals surface area (Å²) in [4.78, 5) is 10.6. The number of hydrogen-bond donors (Lipinski definition) is 0. The van der Waals surface area contributed by atoms with Gasteiger partial charge in [-0.25, -0.2) is 4.39 Å². The maximum atomic E-state index is 13.3. The Morgan fingerprint density at radius 1 is 1.00 bits per heavy atom.